The van der Waals surface area contributed by atoms with Gasteiger partial charge < -0.3 is 15.2 Å². The van der Waals surface area contributed by atoms with E-state index >= 15 is 0 Å². The lowest BCUT2D eigenvalue weighted by atomic mass is 10.2. The van der Waals surface area contributed by atoms with Crippen LogP contribution in [0.1, 0.15) is 24.2 Å². The van der Waals surface area contributed by atoms with Crippen molar-refractivity contribution in [2.24, 2.45) is 0 Å². The summed E-state index contributed by atoms with van der Waals surface area (Å²) in [4.78, 5) is 22.5. The van der Waals surface area contributed by atoms with Crippen LogP contribution < -0.4 is 5.32 Å². The predicted octanol–water partition coefficient (Wildman–Crippen LogP) is 2.40. The highest BCUT2D eigenvalue weighted by atomic mass is 35.5. The molecule has 1 aromatic rings. The minimum absolute atomic E-state index is 0.0552. The van der Waals surface area contributed by atoms with E-state index in [-0.39, 0.29) is 24.0 Å². The fraction of sp³-hybridized carbons (Fsp3) is 0.333. The first-order valence-electron chi connectivity index (χ1n) is 5.34. The number of carboxylic acids is 1. The van der Waals surface area contributed by atoms with E-state index in [0.29, 0.717) is 5.02 Å². The SMILES string of the molecule is CC(C)OCC(=O)Nc1ccc(Cl)cc1C(=O)O. The van der Waals surface area contributed by atoms with Crippen LogP contribution in [0.4, 0.5) is 5.69 Å². The number of anilines is 1. The number of amides is 1. The number of carbonyl (C=O) groups excluding carboxylic acids is 1. The molecule has 98 valence electrons. The molecule has 0 radical (unpaired) electrons. The third-order valence-electron chi connectivity index (χ3n) is 2.03. The Morgan fingerprint density at radius 3 is 2.67 bits per heavy atom. The molecule has 18 heavy (non-hydrogen) atoms. The van der Waals surface area contributed by atoms with Crippen molar-refractivity contribution in [2.75, 3.05) is 11.9 Å². The molecule has 1 aromatic carbocycles. The van der Waals surface area contributed by atoms with Crippen LogP contribution in [0, 0.1) is 0 Å². The molecule has 0 saturated heterocycles. The molecule has 6 heteroatoms. The van der Waals surface area contributed by atoms with Crippen molar-refractivity contribution in [3.8, 4) is 0 Å². The molecule has 1 rings (SSSR count). The minimum Gasteiger partial charge on any atom is -0.478 e. The quantitative estimate of drug-likeness (QED) is 0.862. The summed E-state index contributed by atoms with van der Waals surface area (Å²) in [5.74, 6) is -1.56. The van der Waals surface area contributed by atoms with Gasteiger partial charge in [-0.15, -0.1) is 0 Å². The first-order chi connectivity index (χ1) is 8.40. The van der Waals surface area contributed by atoms with Gasteiger partial charge in [0.05, 0.1) is 17.4 Å². The molecule has 0 heterocycles. The monoisotopic (exact) mass is 271 g/mol. The zero-order valence-corrected chi connectivity index (χ0v) is 10.8. The van der Waals surface area contributed by atoms with E-state index in [0.717, 1.165) is 0 Å². The van der Waals surface area contributed by atoms with Gasteiger partial charge in [0.1, 0.15) is 6.61 Å². The second-order valence-electron chi connectivity index (χ2n) is 3.90. The summed E-state index contributed by atoms with van der Waals surface area (Å²) in [5, 5.41) is 11.7. The molecule has 0 fully saturated rings. The highest BCUT2D eigenvalue weighted by molar-refractivity contribution is 6.31. The largest absolute Gasteiger partial charge is 0.478 e. The summed E-state index contributed by atoms with van der Waals surface area (Å²) < 4.78 is 5.11. The standard InChI is InChI=1S/C12H14ClNO4/c1-7(2)18-6-11(15)14-10-4-3-8(13)5-9(10)12(16)17/h3-5,7H,6H2,1-2H3,(H,14,15)(H,16,17). The Morgan fingerprint density at radius 1 is 1.44 bits per heavy atom. The van der Waals surface area contributed by atoms with Gasteiger partial charge in [0.15, 0.2) is 0 Å². The zero-order valence-electron chi connectivity index (χ0n) is 10.1. The van der Waals surface area contributed by atoms with E-state index in [2.05, 4.69) is 5.32 Å². The molecule has 0 aliphatic carbocycles. The van der Waals surface area contributed by atoms with Crippen molar-refractivity contribution in [3.63, 3.8) is 0 Å². The van der Waals surface area contributed by atoms with E-state index in [1.165, 1.54) is 18.2 Å². The maximum absolute atomic E-state index is 11.5. The fourth-order valence-corrected chi connectivity index (χ4v) is 1.40. The Hall–Kier alpha value is -1.59. The zero-order chi connectivity index (χ0) is 13.7. The van der Waals surface area contributed by atoms with Gasteiger partial charge in [0.25, 0.3) is 0 Å². The van der Waals surface area contributed by atoms with Crippen LogP contribution in [0.15, 0.2) is 18.2 Å². The molecule has 1 amide bonds. The minimum atomic E-state index is -1.16. The molecule has 0 saturated carbocycles. The number of rotatable bonds is 5. The van der Waals surface area contributed by atoms with Gasteiger partial charge in [0.2, 0.25) is 5.91 Å². The number of carboxylic acid groups (broad SMARTS) is 1. The van der Waals surface area contributed by atoms with Crippen LogP contribution in [0.25, 0.3) is 0 Å². The Bertz CT molecular complexity index is 459. The average Bonchev–Trinajstić information content (AvgIpc) is 2.28. The molecule has 0 aliphatic heterocycles. The van der Waals surface area contributed by atoms with Crippen LogP contribution in [-0.2, 0) is 9.53 Å². The number of benzene rings is 1. The highest BCUT2D eigenvalue weighted by Crippen LogP contribution is 2.20. The van der Waals surface area contributed by atoms with Gasteiger partial charge >= 0.3 is 5.97 Å². The second kappa shape index (κ2) is 6.37. The molecular weight excluding hydrogens is 258 g/mol. The summed E-state index contributed by atoms with van der Waals surface area (Å²) in [6.07, 6.45) is -0.0695. The number of hydrogen-bond donors (Lipinski definition) is 2. The van der Waals surface area contributed by atoms with E-state index in [9.17, 15) is 9.59 Å². The molecule has 0 unspecified atom stereocenters. The number of halogens is 1. The maximum atomic E-state index is 11.5. The Labute approximate surface area is 110 Å². The van der Waals surface area contributed by atoms with E-state index in [1.54, 1.807) is 13.8 Å². The number of aromatic carboxylic acids is 1. The lowest BCUT2D eigenvalue weighted by molar-refractivity contribution is -0.121. The lowest BCUT2D eigenvalue weighted by Crippen LogP contribution is -2.21. The molecule has 0 bridgehead atoms. The molecule has 0 aliphatic rings. The van der Waals surface area contributed by atoms with Gasteiger partial charge in [-0.25, -0.2) is 4.79 Å². The molecule has 0 aromatic heterocycles. The van der Waals surface area contributed by atoms with Crippen molar-refractivity contribution in [1.82, 2.24) is 0 Å². The average molecular weight is 272 g/mol. The lowest BCUT2D eigenvalue weighted by Gasteiger charge is -2.10. The maximum Gasteiger partial charge on any atom is 0.337 e. The predicted molar refractivity (Wildman–Crippen MR) is 68.1 cm³/mol. The van der Waals surface area contributed by atoms with E-state index < -0.39 is 11.9 Å². The Balaban J connectivity index is 2.78. The number of ether oxygens (including phenoxy) is 1. The Kier molecular flexibility index (Phi) is 5.12. The van der Waals surface area contributed by atoms with Crippen molar-refractivity contribution in [3.05, 3.63) is 28.8 Å². The van der Waals surface area contributed by atoms with Crippen molar-refractivity contribution >= 4 is 29.2 Å². The summed E-state index contributed by atoms with van der Waals surface area (Å²) in [5.41, 5.74) is 0.143. The first-order valence-corrected chi connectivity index (χ1v) is 5.72. The number of hydrogen-bond acceptors (Lipinski definition) is 3. The van der Waals surface area contributed by atoms with Gasteiger partial charge in [-0.3, -0.25) is 4.79 Å². The Morgan fingerprint density at radius 2 is 2.11 bits per heavy atom. The summed E-state index contributed by atoms with van der Waals surface area (Å²) >= 11 is 5.70. The van der Waals surface area contributed by atoms with Gasteiger partial charge in [0, 0.05) is 5.02 Å². The third-order valence-corrected chi connectivity index (χ3v) is 2.27. The van der Waals surface area contributed by atoms with Gasteiger partial charge in [-0.2, -0.15) is 0 Å². The van der Waals surface area contributed by atoms with Crippen molar-refractivity contribution in [2.45, 2.75) is 20.0 Å². The summed E-state index contributed by atoms with van der Waals surface area (Å²) in [6, 6.07) is 4.23. The van der Waals surface area contributed by atoms with Crippen LogP contribution in [0.5, 0.6) is 0 Å². The van der Waals surface area contributed by atoms with Crippen molar-refractivity contribution < 1.29 is 19.4 Å². The summed E-state index contributed by atoms with van der Waals surface area (Å²) in [7, 11) is 0. The first kappa shape index (κ1) is 14.5. The van der Waals surface area contributed by atoms with Gasteiger partial charge in [-0.05, 0) is 32.0 Å². The summed E-state index contributed by atoms with van der Waals surface area (Å²) in [6.45, 7) is 3.48. The van der Waals surface area contributed by atoms with Crippen LogP contribution in [0.2, 0.25) is 5.02 Å². The van der Waals surface area contributed by atoms with Crippen LogP contribution in [-0.4, -0.2) is 29.7 Å². The molecule has 0 atom stereocenters. The topological polar surface area (TPSA) is 75.6 Å². The molecule has 2 N–H and O–H groups in total. The number of nitrogens with one attached hydrogen (secondary N) is 1. The number of carbonyl (C=O) groups is 2. The molecule has 0 spiro atoms. The smallest absolute Gasteiger partial charge is 0.337 e. The fourth-order valence-electron chi connectivity index (χ4n) is 1.23. The van der Waals surface area contributed by atoms with E-state index in [4.69, 9.17) is 21.4 Å². The second-order valence-corrected chi connectivity index (χ2v) is 4.34. The van der Waals surface area contributed by atoms with E-state index in [1.807, 2.05) is 0 Å². The molecular formula is C12H14ClNO4. The van der Waals surface area contributed by atoms with Crippen LogP contribution >= 0.6 is 11.6 Å². The third kappa shape index (κ3) is 4.35. The van der Waals surface area contributed by atoms with Crippen molar-refractivity contribution in [1.29, 1.82) is 0 Å². The highest BCUT2D eigenvalue weighted by Gasteiger charge is 2.13. The van der Waals surface area contributed by atoms with Crippen LogP contribution in [0.3, 0.4) is 0 Å². The molecule has 5 nitrogen and oxygen atoms in total. The normalized spacial score (nSPS) is 10.4. The van der Waals surface area contributed by atoms with Gasteiger partial charge in [-0.1, -0.05) is 11.6 Å².